The molecule has 0 bridgehead atoms. The van der Waals surface area contributed by atoms with Crippen LogP contribution in [0.1, 0.15) is 0 Å². The molecule has 0 aliphatic carbocycles. The van der Waals surface area contributed by atoms with Crippen molar-refractivity contribution in [1.29, 1.82) is 0 Å². The van der Waals surface area contributed by atoms with E-state index in [0.717, 1.165) is 22.3 Å². The molecular weight excluding hydrogens is 256 g/mol. The van der Waals surface area contributed by atoms with E-state index in [2.05, 4.69) is 12.1 Å². The molecule has 4 nitrogen and oxygen atoms in total. The number of hydrogen-bond acceptors (Lipinski definition) is 4. The molecular formula is C16H18O4. The van der Waals surface area contributed by atoms with Crippen LogP contribution in [0.15, 0.2) is 36.4 Å². The summed E-state index contributed by atoms with van der Waals surface area (Å²) in [6.45, 7) is 3.30. The quantitative estimate of drug-likeness (QED) is 0.740. The molecule has 4 heteroatoms. The molecule has 106 valence electrons. The Morgan fingerprint density at radius 1 is 0.600 bits per heavy atom. The summed E-state index contributed by atoms with van der Waals surface area (Å²) in [6.07, 6.45) is 0. The van der Waals surface area contributed by atoms with Crippen LogP contribution in [0.5, 0.6) is 11.5 Å². The molecule has 0 aromatic heterocycles. The van der Waals surface area contributed by atoms with Gasteiger partial charge in [-0.15, -0.1) is 0 Å². The highest BCUT2D eigenvalue weighted by Gasteiger charge is 2.08. The van der Waals surface area contributed by atoms with Gasteiger partial charge >= 0.3 is 0 Å². The van der Waals surface area contributed by atoms with Crippen LogP contribution in [0.25, 0.3) is 10.8 Å². The first kappa shape index (κ1) is 13.2. The second-order valence-electron chi connectivity index (χ2n) is 4.57. The van der Waals surface area contributed by atoms with Crippen LogP contribution >= 0.6 is 0 Å². The first-order chi connectivity index (χ1) is 9.93. The molecule has 0 radical (unpaired) electrons. The summed E-state index contributed by atoms with van der Waals surface area (Å²) in [6, 6.07) is 12.2. The van der Waals surface area contributed by atoms with Crippen molar-refractivity contribution >= 4 is 10.8 Å². The highest BCUT2D eigenvalue weighted by Crippen LogP contribution is 2.32. The Morgan fingerprint density at radius 2 is 1.05 bits per heavy atom. The predicted octanol–water partition coefficient (Wildman–Crippen LogP) is 2.64. The molecule has 0 N–H and O–H groups in total. The van der Waals surface area contributed by atoms with Gasteiger partial charge in [-0.05, 0) is 22.9 Å². The highest BCUT2D eigenvalue weighted by molar-refractivity contribution is 5.86. The first-order valence-electron chi connectivity index (χ1n) is 6.87. The van der Waals surface area contributed by atoms with E-state index in [-0.39, 0.29) is 0 Å². The largest absolute Gasteiger partial charge is 0.487 e. The number of ether oxygens (including phenoxy) is 4. The van der Waals surface area contributed by atoms with Crippen molar-refractivity contribution in [2.24, 2.45) is 0 Å². The Balaban J connectivity index is 1.87. The Hall–Kier alpha value is -1.78. The Kier molecular flexibility index (Phi) is 4.35. The number of benzene rings is 2. The zero-order valence-electron chi connectivity index (χ0n) is 11.3. The molecule has 0 amide bonds. The fourth-order valence-electron chi connectivity index (χ4n) is 2.17. The summed E-state index contributed by atoms with van der Waals surface area (Å²) in [5.41, 5.74) is 0. The summed E-state index contributed by atoms with van der Waals surface area (Å²) in [7, 11) is 0. The maximum atomic E-state index is 5.78. The fraction of sp³-hybridized carbons (Fsp3) is 0.375. The number of fused-ring (bicyclic) bond motifs is 2. The molecule has 0 saturated carbocycles. The lowest BCUT2D eigenvalue weighted by atomic mass is 10.1. The highest BCUT2D eigenvalue weighted by atomic mass is 16.6. The maximum Gasteiger partial charge on any atom is 0.161 e. The van der Waals surface area contributed by atoms with Crippen LogP contribution in [0.3, 0.4) is 0 Å². The molecule has 0 saturated heterocycles. The molecule has 20 heavy (non-hydrogen) atoms. The van der Waals surface area contributed by atoms with Crippen LogP contribution in [0, 0.1) is 0 Å². The third-order valence-corrected chi connectivity index (χ3v) is 3.15. The molecule has 0 atom stereocenters. The van der Waals surface area contributed by atoms with Crippen LogP contribution in [0.4, 0.5) is 0 Å². The molecule has 0 spiro atoms. The van der Waals surface area contributed by atoms with Gasteiger partial charge < -0.3 is 18.9 Å². The molecule has 0 unspecified atom stereocenters. The van der Waals surface area contributed by atoms with Gasteiger partial charge in [0.2, 0.25) is 0 Å². The molecule has 2 aromatic rings. The van der Waals surface area contributed by atoms with Gasteiger partial charge in [0.15, 0.2) is 11.5 Å². The van der Waals surface area contributed by atoms with E-state index in [9.17, 15) is 0 Å². The van der Waals surface area contributed by atoms with E-state index in [1.54, 1.807) is 0 Å². The van der Waals surface area contributed by atoms with Crippen molar-refractivity contribution in [2.75, 3.05) is 39.6 Å². The Bertz CT molecular complexity index is 517. The smallest absolute Gasteiger partial charge is 0.161 e. The fourth-order valence-corrected chi connectivity index (χ4v) is 2.17. The topological polar surface area (TPSA) is 36.9 Å². The zero-order chi connectivity index (χ0) is 13.6. The van der Waals surface area contributed by atoms with Crippen LogP contribution in [-0.2, 0) is 9.47 Å². The summed E-state index contributed by atoms with van der Waals surface area (Å²) in [5.74, 6) is 1.51. The molecule has 3 rings (SSSR count). The van der Waals surface area contributed by atoms with Gasteiger partial charge in [0, 0.05) is 0 Å². The van der Waals surface area contributed by atoms with Gasteiger partial charge in [-0.25, -0.2) is 0 Å². The third-order valence-electron chi connectivity index (χ3n) is 3.15. The lowest BCUT2D eigenvalue weighted by Gasteiger charge is -2.16. The monoisotopic (exact) mass is 274 g/mol. The average Bonchev–Trinajstić information content (AvgIpc) is 2.47. The minimum Gasteiger partial charge on any atom is -0.487 e. The van der Waals surface area contributed by atoms with Gasteiger partial charge in [0.25, 0.3) is 0 Å². The minimum absolute atomic E-state index is 0.509. The summed E-state index contributed by atoms with van der Waals surface area (Å²) >= 11 is 0. The second kappa shape index (κ2) is 6.59. The lowest BCUT2D eigenvalue weighted by molar-refractivity contribution is 0.0224. The normalized spacial score (nSPS) is 17.2. The van der Waals surface area contributed by atoms with Crippen molar-refractivity contribution in [3.05, 3.63) is 36.4 Å². The lowest BCUT2D eigenvalue weighted by Crippen LogP contribution is -2.15. The van der Waals surface area contributed by atoms with Crippen molar-refractivity contribution in [2.45, 2.75) is 0 Å². The second-order valence-corrected chi connectivity index (χ2v) is 4.57. The standard InChI is InChI=1S/C16H18O4/c1-2-4-14-12-16-15(11-13(14)3-1)19-9-7-17-5-6-18-8-10-20-16/h1-4,11-12H,5-10H2. The van der Waals surface area contributed by atoms with Gasteiger partial charge in [-0.1, -0.05) is 24.3 Å². The maximum absolute atomic E-state index is 5.78. The van der Waals surface area contributed by atoms with E-state index in [4.69, 9.17) is 18.9 Å². The van der Waals surface area contributed by atoms with E-state index in [1.807, 2.05) is 24.3 Å². The summed E-state index contributed by atoms with van der Waals surface area (Å²) in [5, 5.41) is 2.28. The van der Waals surface area contributed by atoms with Crippen molar-refractivity contribution in [1.82, 2.24) is 0 Å². The third kappa shape index (κ3) is 3.21. The number of hydrogen-bond donors (Lipinski definition) is 0. The summed E-state index contributed by atoms with van der Waals surface area (Å²) in [4.78, 5) is 0. The zero-order valence-corrected chi connectivity index (χ0v) is 11.3. The molecule has 0 fully saturated rings. The molecule has 2 aromatic carbocycles. The Morgan fingerprint density at radius 3 is 1.55 bits per heavy atom. The SMILES string of the molecule is c1ccc2cc3c(cc2c1)OCCOCCOCCO3. The van der Waals surface area contributed by atoms with Gasteiger partial charge in [0.05, 0.1) is 26.4 Å². The Labute approximate surface area is 118 Å². The average molecular weight is 274 g/mol. The molecule has 1 aliphatic rings. The van der Waals surface area contributed by atoms with E-state index in [1.165, 1.54) is 0 Å². The van der Waals surface area contributed by atoms with Crippen molar-refractivity contribution < 1.29 is 18.9 Å². The van der Waals surface area contributed by atoms with Gasteiger partial charge in [-0.3, -0.25) is 0 Å². The molecule has 1 heterocycles. The minimum atomic E-state index is 0.509. The number of rotatable bonds is 0. The van der Waals surface area contributed by atoms with Crippen LogP contribution in [-0.4, -0.2) is 39.6 Å². The summed E-state index contributed by atoms with van der Waals surface area (Å²) < 4.78 is 22.4. The molecule has 1 aliphatic heterocycles. The van der Waals surface area contributed by atoms with E-state index >= 15 is 0 Å². The van der Waals surface area contributed by atoms with Gasteiger partial charge in [0.1, 0.15) is 13.2 Å². The first-order valence-corrected chi connectivity index (χ1v) is 6.87. The van der Waals surface area contributed by atoms with E-state index < -0.39 is 0 Å². The van der Waals surface area contributed by atoms with E-state index in [0.29, 0.717) is 39.6 Å². The van der Waals surface area contributed by atoms with Crippen LogP contribution < -0.4 is 9.47 Å². The van der Waals surface area contributed by atoms with Crippen LogP contribution in [0.2, 0.25) is 0 Å². The van der Waals surface area contributed by atoms with Gasteiger partial charge in [-0.2, -0.15) is 0 Å². The van der Waals surface area contributed by atoms with Crippen molar-refractivity contribution in [3.63, 3.8) is 0 Å². The predicted molar refractivity (Wildman–Crippen MR) is 76.6 cm³/mol. The van der Waals surface area contributed by atoms with Crippen molar-refractivity contribution in [3.8, 4) is 11.5 Å².